The van der Waals surface area contributed by atoms with Crippen molar-refractivity contribution < 1.29 is 13.2 Å². The minimum absolute atomic E-state index is 0.0479. The largest absolute Gasteiger partial charge is 0.351 e. The van der Waals surface area contributed by atoms with E-state index in [2.05, 4.69) is 33.9 Å². The molecule has 0 aliphatic heterocycles. The number of carbonyl (C=O) groups is 1. The smallest absolute Gasteiger partial charge is 0.252 e. The summed E-state index contributed by atoms with van der Waals surface area (Å²) in [6, 6.07) is 5.08. The SMILES string of the molecule is CCS(=O)(=O)CCNC(=O)c1ccc(Br)cc1S. The van der Waals surface area contributed by atoms with Gasteiger partial charge in [-0.2, -0.15) is 0 Å². The molecule has 1 amide bonds. The molecule has 0 saturated heterocycles. The van der Waals surface area contributed by atoms with Crippen molar-refractivity contribution in [3.63, 3.8) is 0 Å². The van der Waals surface area contributed by atoms with Crippen LogP contribution in [0.4, 0.5) is 0 Å². The molecule has 0 saturated carbocycles. The van der Waals surface area contributed by atoms with Crippen molar-refractivity contribution in [2.24, 2.45) is 0 Å². The minimum Gasteiger partial charge on any atom is -0.351 e. The Labute approximate surface area is 121 Å². The van der Waals surface area contributed by atoms with Crippen LogP contribution >= 0.6 is 28.6 Å². The number of hydrogen-bond donors (Lipinski definition) is 2. The summed E-state index contributed by atoms with van der Waals surface area (Å²) in [6.45, 7) is 1.69. The van der Waals surface area contributed by atoms with E-state index in [1.807, 2.05) is 0 Å². The third kappa shape index (κ3) is 4.62. The molecule has 0 heterocycles. The fraction of sp³-hybridized carbons (Fsp3) is 0.364. The molecule has 0 aromatic heterocycles. The lowest BCUT2D eigenvalue weighted by molar-refractivity contribution is 0.0953. The molecule has 1 N–H and O–H groups in total. The van der Waals surface area contributed by atoms with Crippen molar-refractivity contribution in [2.45, 2.75) is 11.8 Å². The van der Waals surface area contributed by atoms with Gasteiger partial charge >= 0.3 is 0 Å². The number of thiol groups is 1. The second kappa shape index (κ2) is 6.58. The first-order valence-corrected chi connectivity index (χ1v) is 8.39. The van der Waals surface area contributed by atoms with Gasteiger partial charge in [0, 0.05) is 21.7 Å². The van der Waals surface area contributed by atoms with Gasteiger partial charge in [0.15, 0.2) is 9.84 Å². The molecule has 1 rings (SSSR count). The molecule has 1 aromatic rings. The van der Waals surface area contributed by atoms with Crippen molar-refractivity contribution in [1.82, 2.24) is 5.32 Å². The Morgan fingerprint density at radius 3 is 2.67 bits per heavy atom. The van der Waals surface area contributed by atoms with Gasteiger partial charge < -0.3 is 5.32 Å². The molecule has 7 heteroatoms. The molecule has 0 bridgehead atoms. The maximum atomic E-state index is 11.8. The van der Waals surface area contributed by atoms with Gasteiger partial charge in [0.1, 0.15) is 0 Å². The van der Waals surface area contributed by atoms with E-state index in [1.54, 1.807) is 25.1 Å². The first-order valence-electron chi connectivity index (χ1n) is 5.33. The third-order valence-corrected chi connectivity index (χ3v) is 4.91. The number of sulfone groups is 1. The molecule has 0 atom stereocenters. The lowest BCUT2D eigenvalue weighted by Gasteiger charge is -2.07. The van der Waals surface area contributed by atoms with Crippen molar-refractivity contribution in [3.05, 3.63) is 28.2 Å². The van der Waals surface area contributed by atoms with E-state index in [0.717, 1.165) is 4.47 Å². The molecule has 0 unspecified atom stereocenters. The van der Waals surface area contributed by atoms with Crippen LogP contribution in [-0.4, -0.2) is 32.4 Å². The Morgan fingerprint density at radius 1 is 1.44 bits per heavy atom. The van der Waals surface area contributed by atoms with Gasteiger partial charge in [-0.05, 0) is 18.2 Å². The summed E-state index contributed by atoms with van der Waals surface area (Å²) in [4.78, 5) is 12.3. The van der Waals surface area contributed by atoms with Gasteiger partial charge in [-0.1, -0.05) is 22.9 Å². The molecule has 1 aromatic carbocycles. The normalized spacial score (nSPS) is 11.3. The monoisotopic (exact) mass is 351 g/mol. The van der Waals surface area contributed by atoms with E-state index < -0.39 is 9.84 Å². The molecule has 0 radical (unpaired) electrons. The maximum absolute atomic E-state index is 11.8. The number of carbonyl (C=O) groups excluding carboxylic acids is 1. The van der Waals surface area contributed by atoms with Gasteiger partial charge in [0.05, 0.1) is 11.3 Å². The highest BCUT2D eigenvalue weighted by molar-refractivity contribution is 9.10. The predicted octanol–water partition coefficient (Wildman–Crippen LogP) is 1.90. The van der Waals surface area contributed by atoms with Crippen LogP contribution in [0, 0.1) is 0 Å². The van der Waals surface area contributed by atoms with Crippen LogP contribution in [0.1, 0.15) is 17.3 Å². The van der Waals surface area contributed by atoms with Crippen molar-refractivity contribution in [3.8, 4) is 0 Å². The number of nitrogens with one attached hydrogen (secondary N) is 1. The summed E-state index contributed by atoms with van der Waals surface area (Å²) in [7, 11) is -3.06. The topological polar surface area (TPSA) is 63.2 Å². The van der Waals surface area contributed by atoms with Crippen molar-refractivity contribution >= 4 is 44.3 Å². The van der Waals surface area contributed by atoms with Crippen molar-refractivity contribution in [2.75, 3.05) is 18.1 Å². The van der Waals surface area contributed by atoms with Crippen LogP contribution < -0.4 is 5.32 Å². The molecular formula is C11H14BrNO3S2. The van der Waals surface area contributed by atoms with E-state index in [0.29, 0.717) is 10.5 Å². The summed E-state index contributed by atoms with van der Waals surface area (Å²) < 4.78 is 23.3. The van der Waals surface area contributed by atoms with Gasteiger partial charge in [0.2, 0.25) is 0 Å². The van der Waals surface area contributed by atoms with Gasteiger partial charge in [-0.3, -0.25) is 4.79 Å². The Kier molecular flexibility index (Phi) is 5.68. The lowest BCUT2D eigenvalue weighted by Crippen LogP contribution is -2.29. The van der Waals surface area contributed by atoms with E-state index in [-0.39, 0.29) is 24.0 Å². The number of halogens is 1. The first-order chi connectivity index (χ1) is 8.35. The number of benzene rings is 1. The van der Waals surface area contributed by atoms with Gasteiger partial charge in [-0.15, -0.1) is 12.6 Å². The molecular weight excluding hydrogens is 338 g/mol. The van der Waals surface area contributed by atoms with Crippen LogP contribution in [-0.2, 0) is 9.84 Å². The minimum atomic E-state index is -3.06. The highest BCUT2D eigenvalue weighted by Crippen LogP contribution is 2.19. The summed E-state index contributed by atoms with van der Waals surface area (Å²) >= 11 is 7.47. The molecule has 0 aliphatic carbocycles. The summed E-state index contributed by atoms with van der Waals surface area (Å²) in [5.74, 6) is -0.286. The zero-order valence-electron chi connectivity index (χ0n) is 9.81. The molecule has 0 aliphatic rings. The van der Waals surface area contributed by atoms with Gasteiger partial charge in [0.25, 0.3) is 5.91 Å². The number of hydrogen-bond acceptors (Lipinski definition) is 4. The zero-order valence-corrected chi connectivity index (χ0v) is 13.1. The lowest BCUT2D eigenvalue weighted by atomic mass is 10.2. The summed E-state index contributed by atoms with van der Waals surface area (Å²) in [6.07, 6.45) is 0. The van der Waals surface area contributed by atoms with E-state index in [9.17, 15) is 13.2 Å². The fourth-order valence-electron chi connectivity index (χ4n) is 1.26. The quantitative estimate of drug-likeness (QED) is 0.796. The average Bonchev–Trinajstić information content (AvgIpc) is 2.28. The maximum Gasteiger partial charge on any atom is 0.252 e. The Hall–Kier alpha value is -0.530. The van der Waals surface area contributed by atoms with Gasteiger partial charge in [-0.25, -0.2) is 8.42 Å². The van der Waals surface area contributed by atoms with E-state index >= 15 is 0 Å². The van der Waals surface area contributed by atoms with Crippen LogP contribution in [0.3, 0.4) is 0 Å². The molecule has 18 heavy (non-hydrogen) atoms. The van der Waals surface area contributed by atoms with Crippen molar-refractivity contribution in [1.29, 1.82) is 0 Å². The third-order valence-electron chi connectivity index (χ3n) is 2.34. The Morgan fingerprint density at radius 2 is 2.11 bits per heavy atom. The van der Waals surface area contributed by atoms with E-state index in [1.165, 1.54) is 0 Å². The molecule has 4 nitrogen and oxygen atoms in total. The number of amides is 1. The first kappa shape index (κ1) is 15.5. The average molecular weight is 352 g/mol. The van der Waals surface area contributed by atoms with E-state index in [4.69, 9.17) is 0 Å². The summed E-state index contributed by atoms with van der Waals surface area (Å²) in [5, 5.41) is 2.57. The molecule has 0 spiro atoms. The summed E-state index contributed by atoms with van der Waals surface area (Å²) in [5.41, 5.74) is 0.426. The predicted molar refractivity (Wildman–Crippen MR) is 78.1 cm³/mol. The standard InChI is InChI=1S/C11H14BrNO3S2/c1-2-18(15,16)6-5-13-11(14)9-4-3-8(12)7-10(9)17/h3-4,7,17H,2,5-6H2,1H3,(H,13,14). The second-order valence-corrected chi connectivity index (χ2v) is 7.52. The zero-order chi connectivity index (χ0) is 13.8. The Bertz CT molecular complexity index is 543. The number of rotatable bonds is 5. The van der Waals surface area contributed by atoms with Crippen LogP contribution in [0.25, 0.3) is 0 Å². The molecule has 100 valence electrons. The fourth-order valence-corrected chi connectivity index (χ4v) is 2.81. The van der Waals surface area contributed by atoms with Crippen LogP contribution in [0.5, 0.6) is 0 Å². The highest BCUT2D eigenvalue weighted by atomic mass is 79.9. The second-order valence-electron chi connectivity index (χ2n) is 3.65. The van der Waals surface area contributed by atoms with Crippen LogP contribution in [0.2, 0.25) is 0 Å². The van der Waals surface area contributed by atoms with Crippen LogP contribution in [0.15, 0.2) is 27.6 Å². The molecule has 0 fully saturated rings. The highest BCUT2D eigenvalue weighted by Gasteiger charge is 2.11. The Balaban J connectivity index is 2.61.